The van der Waals surface area contributed by atoms with Crippen LogP contribution in [0.5, 0.6) is 0 Å². The van der Waals surface area contributed by atoms with Gasteiger partial charge in [0.1, 0.15) is 0 Å². The third-order valence-corrected chi connectivity index (χ3v) is 0.677. The van der Waals surface area contributed by atoms with Gasteiger partial charge in [-0.2, -0.15) is 0 Å². The van der Waals surface area contributed by atoms with Crippen molar-refractivity contribution in [1.82, 2.24) is 16.3 Å². The van der Waals surface area contributed by atoms with E-state index >= 15 is 0 Å². The first-order valence-corrected chi connectivity index (χ1v) is 2.72. The zero-order chi connectivity index (χ0) is 8.69. The van der Waals surface area contributed by atoms with Gasteiger partial charge in [0.25, 0.3) is 0 Å². The Labute approximate surface area is 62.9 Å². The molecule has 0 atom stereocenters. The van der Waals surface area contributed by atoms with Crippen LogP contribution < -0.4 is 16.3 Å². The van der Waals surface area contributed by atoms with E-state index in [2.05, 4.69) is 20.3 Å². The Kier molecular flexibility index (Phi) is 4.58. The minimum atomic E-state index is -0.756. The van der Waals surface area contributed by atoms with Crippen LogP contribution in [0, 0.1) is 0 Å². The molecule has 0 heterocycles. The summed E-state index contributed by atoms with van der Waals surface area (Å²) >= 11 is 0. The molecule has 0 fully saturated rings. The summed E-state index contributed by atoms with van der Waals surface area (Å²) in [5.74, 6) is 0. The van der Waals surface area contributed by atoms with Gasteiger partial charge >= 0.3 is 12.2 Å². The molecule has 0 bridgehead atoms. The first-order valence-electron chi connectivity index (χ1n) is 2.72. The molecule has 0 unspecified atom stereocenters. The largest absolute Gasteiger partial charge is 0.428 e. The highest BCUT2D eigenvalue weighted by molar-refractivity contribution is 5.67. The van der Waals surface area contributed by atoms with Gasteiger partial charge in [-0.1, -0.05) is 0 Å². The normalized spacial score (nSPS) is 8.18. The lowest BCUT2D eigenvalue weighted by atomic mass is 11.1. The Morgan fingerprint density at radius 3 is 1.64 bits per heavy atom. The Balaban J connectivity index is 3.27. The molecule has 0 aliphatic rings. The number of hydrogen-bond donors (Lipinski definition) is 3. The zero-order valence-corrected chi connectivity index (χ0v) is 6.13. The fraction of sp³-hybridized carbons (Fsp3) is 0.500. The molecule has 0 radical (unpaired) electrons. The van der Waals surface area contributed by atoms with Gasteiger partial charge < -0.3 is 20.3 Å². The summed E-state index contributed by atoms with van der Waals surface area (Å²) in [7, 11) is 2.73. The van der Waals surface area contributed by atoms with E-state index in [1.807, 2.05) is 0 Å². The van der Waals surface area contributed by atoms with E-state index in [0.29, 0.717) is 0 Å². The molecule has 64 valence electrons. The van der Waals surface area contributed by atoms with E-state index in [-0.39, 0.29) is 0 Å². The standard InChI is InChI=1S/C4H9N3O4/c1-5-3(8)10-7-11-4(9)6-2/h7H,1-2H3,(H,5,8)(H,6,9). The molecule has 0 saturated heterocycles. The number of carbonyl (C=O) groups is 2. The molecule has 7 nitrogen and oxygen atoms in total. The Hall–Kier alpha value is -1.50. The summed E-state index contributed by atoms with van der Waals surface area (Å²) in [6.07, 6.45) is -1.51. The predicted octanol–water partition coefficient (Wildman–Crippen LogP) is -0.882. The van der Waals surface area contributed by atoms with Gasteiger partial charge in [0.05, 0.1) is 0 Å². The van der Waals surface area contributed by atoms with Crippen LogP contribution in [0.25, 0.3) is 0 Å². The monoisotopic (exact) mass is 163 g/mol. The number of rotatable bonds is 2. The fourth-order valence-corrected chi connectivity index (χ4v) is 0.199. The van der Waals surface area contributed by atoms with Crippen molar-refractivity contribution in [3.63, 3.8) is 0 Å². The van der Waals surface area contributed by atoms with Crippen LogP contribution in [0.1, 0.15) is 0 Å². The first kappa shape index (κ1) is 9.50. The quantitative estimate of drug-likeness (QED) is 0.460. The Morgan fingerprint density at radius 1 is 1.00 bits per heavy atom. The lowest BCUT2D eigenvalue weighted by Crippen LogP contribution is -2.32. The molecule has 2 amide bonds. The van der Waals surface area contributed by atoms with Crippen molar-refractivity contribution in [1.29, 1.82) is 0 Å². The van der Waals surface area contributed by atoms with Crippen LogP contribution in [-0.4, -0.2) is 26.3 Å². The highest BCUT2D eigenvalue weighted by atomic mass is 16.9. The van der Waals surface area contributed by atoms with Crippen LogP contribution in [0.15, 0.2) is 0 Å². The summed E-state index contributed by atoms with van der Waals surface area (Å²) in [4.78, 5) is 28.7. The highest BCUT2D eigenvalue weighted by Crippen LogP contribution is 1.72. The van der Waals surface area contributed by atoms with Gasteiger partial charge in [-0.25, -0.2) is 9.59 Å². The second-order valence-corrected chi connectivity index (χ2v) is 1.36. The van der Waals surface area contributed by atoms with E-state index < -0.39 is 12.2 Å². The molecule has 0 aliphatic heterocycles. The van der Waals surface area contributed by atoms with Gasteiger partial charge in [0, 0.05) is 19.7 Å². The fourth-order valence-electron chi connectivity index (χ4n) is 0.199. The van der Waals surface area contributed by atoms with Gasteiger partial charge in [-0.15, -0.1) is 0 Å². The minimum absolute atomic E-state index is 0.756. The molecular weight excluding hydrogens is 154 g/mol. The highest BCUT2D eigenvalue weighted by Gasteiger charge is 1.99. The molecule has 0 aromatic rings. The first-order chi connectivity index (χ1) is 5.20. The van der Waals surface area contributed by atoms with Gasteiger partial charge in [-0.3, -0.25) is 0 Å². The van der Waals surface area contributed by atoms with Crippen LogP contribution in [0.3, 0.4) is 0 Å². The topological polar surface area (TPSA) is 88.7 Å². The third kappa shape index (κ3) is 4.97. The summed E-state index contributed by atoms with van der Waals surface area (Å²) in [6.45, 7) is 0. The molecule has 3 N–H and O–H groups in total. The molecule has 0 rings (SSSR count). The molecular formula is C4H9N3O4. The van der Waals surface area contributed by atoms with Gasteiger partial charge in [0.15, 0.2) is 0 Å². The second-order valence-electron chi connectivity index (χ2n) is 1.36. The number of amides is 2. The summed E-state index contributed by atoms with van der Waals surface area (Å²) in [6, 6.07) is 0. The van der Waals surface area contributed by atoms with Crippen molar-refractivity contribution in [2.24, 2.45) is 0 Å². The van der Waals surface area contributed by atoms with Crippen molar-refractivity contribution < 1.29 is 19.3 Å². The molecule has 7 heteroatoms. The predicted molar refractivity (Wildman–Crippen MR) is 34.2 cm³/mol. The van der Waals surface area contributed by atoms with Crippen molar-refractivity contribution in [3.05, 3.63) is 0 Å². The van der Waals surface area contributed by atoms with E-state index in [1.165, 1.54) is 14.1 Å². The van der Waals surface area contributed by atoms with Gasteiger partial charge in [-0.05, 0) is 0 Å². The Morgan fingerprint density at radius 2 is 1.36 bits per heavy atom. The van der Waals surface area contributed by atoms with Crippen LogP contribution in [-0.2, 0) is 9.68 Å². The number of carbonyl (C=O) groups excluding carboxylic acids is 2. The molecule has 0 aromatic carbocycles. The lowest BCUT2D eigenvalue weighted by molar-refractivity contribution is -0.0839. The number of hydrogen-bond acceptors (Lipinski definition) is 5. The van der Waals surface area contributed by atoms with Crippen molar-refractivity contribution in [3.8, 4) is 0 Å². The summed E-state index contributed by atoms with van der Waals surface area (Å²) in [5, 5.41) is 4.24. The van der Waals surface area contributed by atoms with Crippen molar-refractivity contribution in [2.75, 3.05) is 14.1 Å². The SMILES string of the molecule is CNC(=O)ONOC(=O)NC. The molecule has 0 spiro atoms. The maximum Gasteiger partial charge on any atom is 0.428 e. The van der Waals surface area contributed by atoms with Crippen LogP contribution in [0.2, 0.25) is 0 Å². The Bertz CT molecular complexity index is 132. The second kappa shape index (κ2) is 5.30. The zero-order valence-electron chi connectivity index (χ0n) is 6.13. The van der Waals surface area contributed by atoms with E-state index in [9.17, 15) is 9.59 Å². The maximum absolute atomic E-state index is 10.3. The average molecular weight is 163 g/mol. The van der Waals surface area contributed by atoms with Crippen molar-refractivity contribution >= 4 is 12.2 Å². The lowest BCUT2D eigenvalue weighted by Gasteiger charge is -2.03. The van der Waals surface area contributed by atoms with Crippen LogP contribution in [0.4, 0.5) is 9.59 Å². The summed E-state index contributed by atoms with van der Waals surface area (Å²) in [5.41, 5.74) is 1.66. The molecule has 0 saturated carbocycles. The van der Waals surface area contributed by atoms with E-state index in [1.54, 1.807) is 5.64 Å². The molecule has 0 aromatic heterocycles. The number of nitrogens with one attached hydrogen (secondary N) is 3. The van der Waals surface area contributed by atoms with E-state index in [0.717, 1.165) is 0 Å². The van der Waals surface area contributed by atoms with Crippen molar-refractivity contribution in [2.45, 2.75) is 0 Å². The maximum atomic E-state index is 10.3. The third-order valence-electron chi connectivity index (χ3n) is 0.677. The summed E-state index contributed by atoms with van der Waals surface area (Å²) < 4.78 is 0. The van der Waals surface area contributed by atoms with Gasteiger partial charge in [0.2, 0.25) is 0 Å². The average Bonchev–Trinajstić information content (AvgIpc) is 2.04. The minimum Gasteiger partial charge on any atom is -0.323 e. The van der Waals surface area contributed by atoms with Crippen LogP contribution >= 0.6 is 0 Å². The molecule has 0 aliphatic carbocycles. The molecule has 11 heavy (non-hydrogen) atoms. The van der Waals surface area contributed by atoms with E-state index in [4.69, 9.17) is 0 Å². The smallest absolute Gasteiger partial charge is 0.323 e.